The highest BCUT2D eigenvalue weighted by atomic mass is 19.1. The smallest absolute Gasteiger partial charge is 0.125 e. The maximum Gasteiger partial charge on any atom is 0.125 e. The van der Waals surface area contributed by atoms with Gasteiger partial charge in [0.15, 0.2) is 0 Å². The first-order valence-electron chi connectivity index (χ1n) is 14.3. The summed E-state index contributed by atoms with van der Waals surface area (Å²) in [6, 6.07) is 18.1. The maximum absolute atomic E-state index is 14.4. The van der Waals surface area contributed by atoms with E-state index in [-0.39, 0.29) is 11.5 Å². The second-order valence-corrected chi connectivity index (χ2v) is 11.1. The van der Waals surface area contributed by atoms with Gasteiger partial charge in [0, 0.05) is 16.7 Å². The summed E-state index contributed by atoms with van der Waals surface area (Å²) in [5.41, 5.74) is 10.3. The number of aliphatic imine (C=N–C) groups is 1. The molecule has 3 aliphatic rings. The Morgan fingerprint density at radius 1 is 0.683 bits per heavy atom. The fourth-order valence-corrected chi connectivity index (χ4v) is 6.69. The molecule has 0 atom stereocenters. The number of fused-ring (bicyclic) bond motifs is 1. The van der Waals surface area contributed by atoms with Crippen molar-refractivity contribution in [3.63, 3.8) is 0 Å². The Balaban J connectivity index is 1.54. The number of aromatic hydroxyl groups is 2. The number of nitrogens with one attached hydrogen (secondary N) is 1. The summed E-state index contributed by atoms with van der Waals surface area (Å²) in [6.45, 7) is 0. The number of hydrogen-bond donors (Lipinski definition) is 3. The van der Waals surface area contributed by atoms with E-state index in [4.69, 9.17) is 4.99 Å². The summed E-state index contributed by atoms with van der Waals surface area (Å²) in [7, 11) is 0. The molecule has 3 N–H and O–H groups in total. The van der Waals surface area contributed by atoms with Crippen molar-refractivity contribution >= 4 is 11.3 Å². The number of halogens is 2. The summed E-state index contributed by atoms with van der Waals surface area (Å²) >= 11 is 0. The molecule has 7 rings (SSSR count). The number of hydrogen-bond acceptors (Lipinski definition) is 3. The van der Waals surface area contributed by atoms with Gasteiger partial charge in [0.25, 0.3) is 0 Å². The van der Waals surface area contributed by atoms with Gasteiger partial charge >= 0.3 is 0 Å². The van der Waals surface area contributed by atoms with E-state index < -0.39 is 11.6 Å². The van der Waals surface area contributed by atoms with Gasteiger partial charge in [-0.05, 0) is 116 Å². The highest BCUT2D eigenvalue weighted by Crippen LogP contribution is 2.47. The number of allylic oxidation sites excluding steroid dienone is 2. The molecule has 0 bridgehead atoms. The number of aromatic nitrogens is 1. The van der Waals surface area contributed by atoms with Crippen LogP contribution in [-0.4, -0.2) is 20.9 Å². The van der Waals surface area contributed by atoms with Crippen LogP contribution in [-0.2, 0) is 12.8 Å². The molecule has 6 heteroatoms. The van der Waals surface area contributed by atoms with Gasteiger partial charge in [-0.25, -0.2) is 13.8 Å². The zero-order valence-corrected chi connectivity index (χ0v) is 22.6. The molecule has 0 spiro atoms. The quantitative estimate of drug-likeness (QED) is 0.240. The molecule has 4 nitrogen and oxygen atoms in total. The first kappa shape index (κ1) is 25.5. The first-order valence-corrected chi connectivity index (χ1v) is 14.3. The molecule has 2 heterocycles. The lowest BCUT2D eigenvalue weighted by molar-refractivity contribution is 0.472. The Morgan fingerprint density at radius 3 is 2.02 bits per heavy atom. The number of rotatable bonds is 4. The Morgan fingerprint density at radius 2 is 1.29 bits per heavy atom. The molecule has 206 valence electrons. The van der Waals surface area contributed by atoms with Crippen LogP contribution in [0.25, 0.3) is 16.8 Å². The van der Waals surface area contributed by atoms with Gasteiger partial charge < -0.3 is 15.2 Å². The zero-order valence-electron chi connectivity index (χ0n) is 22.6. The Labute approximate surface area is 237 Å². The average Bonchev–Trinajstić information content (AvgIpc) is 3.56. The van der Waals surface area contributed by atoms with Crippen molar-refractivity contribution in [2.75, 3.05) is 0 Å². The van der Waals surface area contributed by atoms with Crippen molar-refractivity contribution in [1.29, 1.82) is 0 Å². The lowest BCUT2D eigenvalue weighted by Crippen LogP contribution is -2.07. The number of benzene rings is 3. The Hall–Kier alpha value is -4.45. The van der Waals surface area contributed by atoms with Crippen LogP contribution in [0.1, 0.15) is 66.5 Å². The van der Waals surface area contributed by atoms with E-state index in [1.807, 2.05) is 18.2 Å². The van der Waals surface area contributed by atoms with Crippen molar-refractivity contribution in [2.24, 2.45) is 4.99 Å². The normalized spacial score (nSPS) is 17.8. The molecule has 0 unspecified atom stereocenters. The molecule has 3 aromatic carbocycles. The van der Waals surface area contributed by atoms with E-state index in [0.29, 0.717) is 16.8 Å². The van der Waals surface area contributed by atoms with Crippen LogP contribution in [0.15, 0.2) is 88.6 Å². The minimum atomic E-state index is -0.419. The van der Waals surface area contributed by atoms with Crippen LogP contribution in [0.3, 0.4) is 0 Å². The van der Waals surface area contributed by atoms with Gasteiger partial charge in [0.05, 0.1) is 22.8 Å². The molecule has 0 radical (unpaired) electrons. The molecule has 0 saturated heterocycles. The predicted molar refractivity (Wildman–Crippen MR) is 157 cm³/mol. The molecule has 4 aromatic rings. The van der Waals surface area contributed by atoms with E-state index in [1.165, 1.54) is 36.4 Å². The summed E-state index contributed by atoms with van der Waals surface area (Å²) in [6.07, 6.45) is 7.40. The summed E-state index contributed by atoms with van der Waals surface area (Å²) in [4.78, 5) is 8.82. The third kappa shape index (κ3) is 4.38. The molecule has 0 amide bonds. The minimum absolute atomic E-state index is 0.00574. The highest BCUT2D eigenvalue weighted by molar-refractivity contribution is 6.18. The van der Waals surface area contributed by atoms with E-state index in [0.717, 1.165) is 102 Å². The van der Waals surface area contributed by atoms with Gasteiger partial charge in [0.2, 0.25) is 0 Å². The van der Waals surface area contributed by atoms with Gasteiger partial charge in [0.1, 0.15) is 23.1 Å². The van der Waals surface area contributed by atoms with Crippen LogP contribution in [0.4, 0.5) is 8.78 Å². The number of nitrogens with zero attached hydrogens (tertiary/aromatic N) is 1. The second kappa shape index (κ2) is 10.2. The lowest BCUT2D eigenvalue weighted by atomic mass is 9.84. The average molecular weight is 549 g/mol. The van der Waals surface area contributed by atoms with Crippen LogP contribution in [0.2, 0.25) is 0 Å². The standard InChI is InChI=1S/C35H30F2N2O2/c36-21-14-16-29(40)27(18-21)32-23-10-4-6-12-25(23)34(38-32)31(20-8-2-1-3-9-20)35-26-13-7-5-11-24(26)33(39-35)28-19-22(37)15-17-30(28)41/h1-3,8-9,14-19,38,40-41H,4-7,10-13H2/b35-31-. The van der Waals surface area contributed by atoms with Gasteiger partial charge in [-0.2, -0.15) is 0 Å². The number of aromatic amines is 1. The number of phenolic OH excluding ortho intramolecular Hbond substituents is 2. The summed E-state index contributed by atoms with van der Waals surface area (Å²) < 4.78 is 28.8. The highest BCUT2D eigenvalue weighted by Gasteiger charge is 2.33. The molecule has 41 heavy (non-hydrogen) atoms. The monoisotopic (exact) mass is 548 g/mol. The third-order valence-electron chi connectivity index (χ3n) is 8.58. The Bertz CT molecular complexity index is 1780. The fraction of sp³-hybridized carbons (Fsp3) is 0.229. The third-order valence-corrected chi connectivity index (χ3v) is 8.58. The molecule has 1 aliphatic heterocycles. The van der Waals surface area contributed by atoms with E-state index in [9.17, 15) is 19.0 Å². The van der Waals surface area contributed by atoms with Gasteiger partial charge in [-0.1, -0.05) is 30.3 Å². The molecule has 1 aromatic heterocycles. The second-order valence-electron chi connectivity index (χ2n) is 11.1. The van der Waals surface area contributed by atoms with Crippen LogP contribution >= 0.6 is 0 Å². The van der Waals surface area contributed by atoms with E-state index >= 15 is 0 Å². The molecular weight excluding hydrogens is 518 g/mol. The topological polar surface area (TPSA) is 68.6 Å². The van der Waals surface area contributed by atoms with Crippen molar-refractivity contribution < 1.29 is 19.0 Å². The van der Waals surface area contributed by atoms with Crippen molar-refractivity contribution in [2.45, 2.75) is 51.4 Å². The summed E-state index contributed by atoms with van der Waals surface area (Å²) in [5, 5.41) is 21.5. The SMILES string of the molecule is Oc1ccc(F)cc1C1=N/C(=C(/c2ccccc2)c2[nH]c(-c3cc(F)ccc3O)c3c2CCCC3)C2=C1CCCC2. The lowest BCUT2D eigenvalue weighted by Gasteiger charge is -2.19. The molecular formula is C35H30F2N2O2. The molecule has 2 aliphatic carbocycles. The number of phenols is 2. The molecule has 0 fully saturated rings. The van der Waals surface area contributed by atoms with E-state index in [2.05, 4.69) is 17.1 Å². The fourth-order valence-electron chi connectivity index (χ4n) is 6.69. The van der Waals surface area contributed by atoms with Gasteiger partial charge in [-0.15, -0.1) is 0 Å². The van der Waals surface area contributed by atoms with Crippen molar-refractivity contribution in [3.05, 3.63) is 123 Å². The maximum atomic E-state index is 14.4. The number of H-pyrrole nitrogens is 1. The predicted octanol–water partition coefficient (Wildman–Crippen LogP) is 8.38. The van der Waals surface area contributed by atoms with Gasteiger partial charge in [-0.3, -0.25) is 0 Å². The minimum Gasteiger partial charge on any atom is -0.507 e. The van der Waals surface area contributed by atoms with Crippen LogP contribution in [0.5, 0.6) is 11.5 Å². The van der Waals surface area contributed by atoms with Crippen molar-refractivity contribution in [1.82, 2.24) is 4.98 Å². The van der Waals surface area contributed by atoms with Crippen LogP contribution < -0.4 is 0 Å². The Kier molecular flexibility index (Phi) is 6.34. The molecule has 0 saturated carbocycles. The van der Waals surface area contributed by atoms with Crippen LogP contribution in [0, 0.1) is 11.6 Å². The van der Waals surface area contributed by atoms with E-state index in [1.54, 1.807) is 0 Å². The first-order chi connectivity index (χ1) is 20.0. The zero-order chi connectivity index (χ0) is 28.1. The summed E-state index contributed by atoms with van der Waals surface area (Å²) in [5.74, 6) is -0.790. The van der Waals surface area contributed by atoms with Crippen molar-refractivity contribution in [3.8, 4) is 22.8 Å². The largest absolute Gasteiger partial charge is 0.507 e.